The number of benzene rings is 2. The molecule has 2 N–H and O–H groups in total. The highest BCUT2D eigenvalue weighted by atomic mass is 35.5. The summed E-state index contributed by atoms with van der Waals surface area (Å²) in [5, 5.41) is 20.8. The highest BCUT2D eigenvalue weighted by Crippen LogP contribution is 2.41. The number of rotatable bonds is 6. The zero-order valence-electron chi connectivity index (χ0n) is 16.2. The summed E-state index contributed by atoms with van der Waals surface area (Å²) in [6, 6.07) is 10.3. The van der Waals surface area contributed by atoms with Crippen molar-refractivity contribution < 1.29 is 24.5 Å². The Bertz CT molecular complexity index is 968. The van der Waals surface area contributed by atoms with E-state index < -0.39 is 17.7 Å². The van der Waals surface area contributed by atoms with Crippen LogP contribution in [0.2, 0.25) is 5.02 Å². The number of aliphatic hydroxyl groups is 1. The molecule has 1 aliphatic rings. The average Bonchev–Trinajstić information content (AvgIpc) is 2.98. The van der Waals surface area contributed by atoms with Gasteiger partial charge in [0.2, 0.25) is 0 Å². The van der Waals surface area contributed by atoms with Crippen LogP contribution in [0, 0.1) is 0 Å². The molecule has 0 aromatic heterocycles. The van der Waals surface area contributed by atoms with Crippen LogP contribution >= 0.6 is 11.6 Å². The van der Waals surface area contributed by atoms with Crippen molar-refractivity contribution in [2.75, 3.05) is 13.7 Å². The predicted molar refractivity (Wildman–Crippen MR) is 110 cm³/mol. The van der Waals surface area contributed by atoms with Gasteiger partial charge in [0.05, 0.1) is 23.7 Å². The molecule has 0 radical (unpaired) electrons. The Morgan fingerprint density at radius 3 is 2.45 bits per heavy atom. The van der Waals surface area contributed by atoms with Crippen LogP contribution in [0.1, 0.15) is 36.9 Å². The number of phenols is 1. The fourth-order valence-corrected chi connectivity index (χ4v) is 3.57. The van der Waals surface area contributed by atoms with Gasteiger partial charge in [-0.1, -0.05) is 31.0 Å². The zero-order chi connectivity index (χ0) is 21.1. The molecule has 3 rings (SSSR count). The van der Waals surface area contributed by atoms with Crippen LogP contribution in [0.15, 0.2) is 48.0 Å². The van der Waals surface area contributed by atoms with Crippen molar-refractivity contribution in [2.24, 2.45) is 0 Å². The van der Waals surface area contributed by atoms with Crippen molar-refractivity contribution >= 4 is 29.1 Å². The Hall–Kier alpha value is -2.99. The standard InChI is InChI=1S/C22H22ClNO5/c1-3-4-11-24-19(14-7-10-17(25)16(23)12-14)18(21(27)22(24)28)20(26)13-5-8-15(29-2)9-6-13/h5-10,12,19,25-26H,3-4,11H2,1-2H3/b20-18-. The van der Waals surface area contributed by atoms with Gasteiger partial charge in [-0.25, -0.2) is 0 Å². The Kier molecular flexibility index (Phi) is 6.13. The van der Waals surface area contributed by atoms with E-state index in [2.05, 4.69) is 0 Å². The topological polar surface area (TPSA) is 87.1 Å². The number of methoxy groups -OCH3 is 1. The summed E-state index contributed by atoms with van der Waals surface area (Å²) in [7, 11) is 1.53. The van der Waals surface area contributed by atoms with Crippen LogP contribution in [0.25, 0.3) is 5.76 Å². The second kappa shape index (κ2) is 8.57. The summed E-state index contributed by atoms with van der Waals surface area (Å²) >= 11 is 6.06. The van der Waals surface area contributed by atoms with E-state index in [9.17, 15) is 19.8 Å². The van der Waals surface area contributed by atoms with Gasteiger partial charge in [0.1, 0.15) is 17.3 Å². The van der Waals surface area contributed by atoms with Crippen LogP contribution < -0.4 is 4.74 Å². The number of ether oxygens (including phenoxy) is 1. The molecule has 0 spiro atoms. The lowest BCUT2D eigenvalue weighted by Crippen LogP contribution is -2.30. The Morgan fingerprint density at radius 1 is 1.17 bits per heavy atom. The highest BCUT2D eigenvalue weighted by Gasteiger charge is 2.45. The maximum absolute atomic E-state index is 12.8. The molecule has 1 aliphatic heterocycles. The molecule has 1 heterocycles. The molecule has 1 fully saturated rings. The minimum atomic E-state index is -0.790. The number of amides is 1. The minimum Gasteiger partial charge on any atom is -0.507 e. The van der Waals surface area contributed by atoms with Crippen LogP contribution in [-0.4, -0.2) is 40.5 Å². The van der Waals surface area contributed by atoms with Crippen LogP contribution in [0.3, 0.4) is 0 Å². The summed E-state index contributed by atoms with van der Waals surface area (Å²) in [4.78, 5) is 27.0. The van der Waals surface area contributed by atoms with E-state index in [0.717, 1.165) is 6.42 Å². The molecule has 6 nitrogen and oxygen atoms in total. The molecule has 1 amide bonds. The number of nitrogens with zero attached hydrogens (tertiary/aromatic N) is 1. The third kappa shape index (κ3) is 3.93. The lowest BCUT2D eigenvalue weighted by atomic mass is 9.95. The number of likely N-dealkylation sites (tertiary alicyclic amines) is 1. The molecule has 1 saturated heterocycles. The maximum atomic E-state index is 12.8. The molecular weight excluding hydrogens is 394 g/mol. The molecule has 152 valence electrons. The molecule has 0 aliphatic carbocycles. The van der Waals surface area contributed by atoms with E-state index >= 15 is 0 Å². The molecule has 29 heavy (non-hydrogen) atoms. The van der Waals surface area contributed by atoms with Gasteiger partial charge in [-0.15, -0.1) is 0 Å². The number of carbonyl (C=O) groups excluding carboxylic acids is 2. The molecule has 2 aromatic carbocycles. The van der Waals surface area contributed by atoms with Crippen LogP contribution in [0.4, 0.5) is 0 Å². The first-order chi connectivity index (χ1) is 13.9. The van der Waals surface area contributed by atoms with Crippen molar-refractivity contribution in [3.8, 4) is 11.5 Å². The number of aromatic hydroxyl groups is 1. The SMILES string of the molecule is CCCCN1C(=O)C(=O)/C(=C(\O)c2ccc(OC)cc2)C1c1ccc(O)c(Cl)c1. The fraction of sp³-hybridized carbons (Fsp3) is 0.273. The molecule has 0 saturated carbocycles. The van der Waals surface area contributed by atoms with Gasteiger partial charge in [0, 0.05) is 12.1 Å². The number of unbranched alkanes of at least 4 members (excludes halogenated alkanes) is 1. The molecule has 2 aromatic rings. The number of hydrogen-bond donors (Lipinski definition) is 2. The smallest absolute Gasteiger partial charge is 0.295 e. The van der Waals surface area contributed by atoms with Gasteiger partial charge in [0.25, 0.3) is 11.7 Å². The second-order valence-corrected chi connectivity index (χ2v) is 7.19. The normalized spacial score (nSPS) is 18.3. The number of aliphatic hydroxyl groups excluding tert-OH is 1. The van der Waals surface area contributed by atoms with Gasteiger partial charge < -0.3 is 19.8 Å². The van der Waals surface area contributed by atoms with Crippen molar-refractivity contribution in [3.05, 3.63) is 64.2 Å². The zero-order valence-corrected chi connectivity index (χ0v) is 16.9. The highest BCUT2D eigenvalue weighted by molar-refractivity contribution is 6.46. The maximum Gasteiger partial charge on any atom is 0.295 e. The van der Waals surface area contributed by atoms with Crippen LogP contribution in [-0.2, 0) is 9.59 Å². The van der Waals surface area contributed by atoms with Gasteiger partial charge in [-0.2, -0.15) is 0 Å². The van der Waals surface area contributed by atoms with Crippen LogP contribution in [0.5, 0.6) is 11.5 Å². The monoisotopic (exact) mass is 415 g/mol. The minimum absolute atomic E-state index is 0.00183. The van der Waals surface area contributed by atoms with Gasteiger partial charge in [-0.3, -0.25) is 9.59 Å². The Balaban J connectivity index is 2.15. The number of halogens is 1. The number of carbonyl (C=O) groups is 2. The van der Waals surface area contributed by atoms with E-state index in [0.29, 0.717) is 29.8 Å². The average molecular weight is 416 g/mol. The largest absolute Gasteiger partial charge is 0.507 e. The Morgan fingerprint density at radius 2 is 1.86 bits per heavy atom. The molecular formula is C22H22ClNO5. The summed E-state index contributed by atoms with van der Waals surface area (Å²) in [5.74, 6) is -1.17. The summed E-state index contributed by atoms with van der Waals surface area (Å²) in [6.45, 7) is 2.35. The van der Waals surface area contributed by atoms with E-state index in [1.54, 1.807) is 30.3 Å². The van der Waals surface area contributed by atoms with Crippen molar-refractivity contribution in [2.45, 2.75) is 25.8 Å². The number of hydrogen-bond acceptors (Lipinski definition) is 5. The van der Waals surface area contributed by atoms with E-state index in [-0.39, 0.29) is 22.1 Å². The van der Waals surface area contributed by atoms with E-state index in [1.807, 2.05) is 6.92 Å². The second-order valence-electron chi connectivity index (χ2n) is 6.79. The molecule has 7 heteroatoms. The van der Waals surface area contributed by atoms with E-state index in [4.69, 9.17) is 16.3 Å². The third-order valence-electron chi connectivity index (χ3n) is 4.94. The molecule has 1 unspecified atom stereocenters. The number of Topliss-reactive ketones (excluding diaryl/α,β-unsaturated/α-hetero) is 1. The Labute approximate surface area is 174 Å². The molecule has 0 bridgehead atoms. The lowest BCUT2D eigenvalue weighted by molar-refractivity contribution is -0.139. The van der Waals surface area contributed by atoms with Crippen molar-refractivity contribution in [1.29, 1.82) is 0 Å². The first-order valence-corrected chi connectivity index (χ1v) is 9.68. The fourth-order valence-electron chi connectivity index (χ4n) is 3.38. The van der Waals surface area contributed by atoms with E-state index in [1.165, 1.54) is 24.1 Å². The predicted octanol–water partition coefficient (Wildman–Crippen LogP) is 4.28. The summed E-state index contributed by atoms with van der Waals surface area (Å²) in [5.41, 5.74) is 0.936. The third-order valence-corrected chi connectivity index (χ3v) is 5.25. The quantitative estimate of drug-likeness (QED) is 0.418. The summed E-state index contributed by atoms with van der Waals surface area (Å²) < 4.78 is 5.12. The van der Waals surface area contributed by atoms with Crippen molar-refractivity contribution in [1.82, 2.24) is 4.90 Å². The van der Waals surface area contributed by atoms with Gasteiger partial charge >= 0.3 is 0 Å². The number of phenolic OH excluding ortho intramolecular Hbond substituents is 1. The van der Waals surface area contributed by atoms with Gasteiger partial charge in [-0.05, 0) is 48.4 Å². The van der Waals surface area contributed by atoms with Gasteiger partial charge in [0.15, 0.2) is 0 Å². The summed E-state index contributed by atoms with van der Waals surface area (Å²) in [6.07, 6.45) is 1.54. The lowest BCUT2D eigenvalue weighted by Gasteiger charge is -2.25. The number of ketones is 1. The molecule has 1 atom stereocenters. The first kappa shape index (κ1) is 20.7. The van der Waals surface area contributed by atoms with Crippen molar-refractivity contribution in [3.63, 3.8) is 0 Å². The first-order valence-electron chi connectivity index (χ1n) is 9.30.